The Hall–Kier alpha value is -0.170. The number of carbonyl (C=O) groups excluding carboxylic acids is 1. The summed E-state index contributed by atoms with van der Waals surface area (Å²) < 4.78 is 14.5. The van der Waals surface area contributed by atoms with Crippen LogP contribution < -0.4 is 5.32 Å². The van der Waals surface area contributed by atoms with Crippen molar-refractivity contribution in [3.63, 3.8) is 0 Å². The van der Waals surface area contributed by atoms with E-state index in [4.69, 9.17) is 0 Å². The van der Waals surface area contributed by atoms with Crippen molar-refractivity contribution < 1.29 is 9.18 Å². The van der Waals surface area contributed by atoms with Gasteiger partial charge in [-0.3, -0.25) is 4.79 Å². The van der Waals surface area contributed by atoms with Crippen LogP contribution in [0.25, 0.3) is 0 Å². The van der Waals surface area contributed by atoms with E-state index in [0.717, 1.165) is 5.56 Å². The van der Waals surface area contributed by atoms with Crippen LogP contribution in [-0.4, -0.2) is 5.91 Å². The van der Waals surface area contributed by atoms with Crippen LogP contribution in [-0.2, 0) is 4.79 Å². The van der Waals surface area contributed by atoms with Crippen molar-refractivity contribution in [3.8, 4) is 0 Å². The molecule has 2 nitrogen and oxygen atoms in total. The van der Waals surface area contributed by atoms with E-state index in [0.29, 0.717) is 13.7 Å². The van der Waals surface area contributed by atoms with E-state index < -0.39 is 0 Å². The molecule has 76 valence electrons. The molecule has 1 aromatic rings. The molecule has 0 aliphatic carbocycles. The third-order valence-electron chi connectivity index (χ3n) is 1.72. The first kappa shape index (κ1) is 11.9. The first-order chi connectivity index (χ1) is 6.43. The van der Waals surface area contributed by atoms with Crippen molar-refractivity contribution in [1.82, 2.24) is 0 Å². The molecule has 0 saturated heterocycles. The van der Waals surface area contributed by atoms with Crippen molar-refractivity contribution >= 4 is 50.1 Å². The minimum atomic E-state index is -0.341. The molecule has 0 aliphatic heterocycles. The van der Waals surface area contributed by atoms with Crippen LogP contribution >= 0.6 is 38.5 Å². The largest absolute Gasteiger partial charge is 0.326 e. The second-order valence-corrected chi connectivity index (χ2v) is 4.71. The average molecular weight is 372 g/mol. The van der Waals surface area contributed by atoms with Crippen LogP contribution in [0.15, 0.2) is 10.5 Å². The van der Waals surface area contributed by atoms with E-state index in [9.17, 15) is 9.18 Å². The minimum Gasteiger partial charge on any atom is -0.326 e. The highest BCUT2D eigenvalue weighted by molar-refractivity contribution is 14.1. The second kappa shape index (κ2) is 4.57. The first-order valence-electron chi connectivity index (χ1n) is 3.85. The maximum atomic E-state index is 13.3. The summed E-state index contributed by atoms with van der Waals surface area (Å²) in [5.74, 6) is -0.549. The van der Waals surface area contributed by atoms with E-state index >= 15 is 0 Å². The minimum absolute atomic E-state index is 0.208. The third-order valence-corrected chi connectivity index (χ3v) is 4.50. The number of rotatable bonds is 1. The summed E-state index contributed by atoms with van der Waals surface area (Å²) in [6.07, 6.45) is 0. The Morgan fingerprint density at radius 1 is 1.64 bits per heavy atom. The summed E-state index contributed by atoms with van der Waals surface area (Å²) in [6.45, 7) is 3.21. The summed E-state index contributed by atoms with van der Waals surface area (Å²) in [7, 11) is 0. The Bertz CT molecular complexity index is 395. The van der Waals surface area contributed by atoms with E-state index in [1.807, 2.05) is 29.5 Å². The number of carbonyl (C=O) groups is 1. The van der Waals surface area contributed by atoms with Crippen molar-refractivity contribution in [2.45, 2.75) is 13.8 Å². The Morgan fingerprint density at radius 2 is 2.21 bits per heavy atom. The Kier molecular flexibility index (Phi) is 3.88. The van der Waals surface area contributed by atoms with E-state index in [-0.39, 0.29) is 11.7 Å². The predicted molar refractivity (Wildman–Crippen MR) is 65.9 cm³/mol. The Labute approximate surface area is 104 Å². The van der Waals surface area contributed by atoms with Crippen LogP contribution in [0, 0.1) is 16.3 Å². The van der Waals surface area contributed by atoms with Crippen molar-refractivity contribution in [2.24, 2.45) is 0 Å². The number of benzene rings is 1. The molecule has 0 aromatic heterocycles. The molecule has 1 rings (SSSR count). The van der Waals surface area contributed by atoms with Crippen molar-refractivity contribution in [1.29, 1.82) is 0 Å². The van der Waals surface area contributed by atoms with Gasteiger partial charge in [0.2, 0.25) is 5.91 Å². The molecule has 1 amide bonds. The number of nitrogens with one attached hydrogen (secondary N) is 1. The van der Waals surface area contributed by atoms with Gasteiger partial charge in [0.15, 0.2) is 0 Å². The van der Waals surface area contributed by atoms with Crippen molar-refractivity contribution in [2.75, 3.05) is 5.32 Å². The molecule has 0 unspecified atom stereocenters. The fourth-order valence-corrected chi connectivity index (χ4v) is 1.97. The Balaban J connectivity index is 3.25. The highest BCUT2D eigenvalue weighted by atomic mass is 127. The number of hydrogen-bond acceptors (Lipinski definition) is 1. The van der Waals surface area contributed by atoms with Gasteiger partial charge in [-0.1, -0.05) is 0 Å². The number of amides is 1. The van der Waals surface area contributed by atoms with Gasteiger partial charge >= 0.3 is 0 Å². The van der Waals surface area contributed by atoms with Crippen molar-refractivity contribution in [3.05, 3.63) is 25.5 Å². The highest BCUT2D eigenvalue weighted by Gasteiger charge is 2.12. The lowest BCUT2D eigenvalue weighted by Crippen LogP contribution is -2.08. The summed E-state index contributed by atoms with van der Waals surface area (Å²) in [4.78, 5) is 10.8. The molecular weight excluding hydrogens is 364 g/mol. The predicted octanol–water partition coefficient (Wildman–Crippen LogP) is 3.46. The maximum absolute atomic E-state index is 13.3. The molecule has 1 aromatic carbocycles. The summed E-state index contributed by atoms with van der Waals surface area (Å²) in [5, 5.41) is 2.57. The van der Waals surface area contributed by atoms with Gasteiger partial charge < -0.3 is 5.32 Å². The molecular formula is C9H8BrFINO. The molecule has 0 fully saturated rings. The van der Waals surface area contributed by atoms with Gasteiger partial charge in [0, 0.05) is 17.1 Å². The lowest BCUT2D eigenvalue weighted by Gasteiger charge is -2.10. The smallest absolute Gasteiger partial charge is 0.221 e. The van der Waals surface area contributed by atoms with Gasteiger partial charge in [0.05, 0.1) is 3.57 Å². The van der Waals surface area contributed by atoms with Crippen LogP contribution in [0.5, 0.6) is 0 Å². The van der Waals surface area contributed by atoms with Gasteiger partial charge in [0.1, 0.15) is 5.82 Å². The zero-order chi connectivity index (χ0) is 10.9. The standard InChI is InChI=1S/C9H8BrFINO/c1-4-7(13-5(2)14)3-6(11)9(12)8(4)10/h3H,1-2H3,(H,13,14). The lowest BCUT2D eigenvalue weighted by atomic mass is 10.2. The van der Waals surface area contributed by atoms with Gasteiger partial charge in [0.25, 0.3) is 0 Å². The molecule has 0 aliphatic rings. The van der Waals surface area contributed by atoms with Gasteiger partial charge in [-0.25, -0.2) is 4.39 Å². The van der Waals surface area contributed by atoms with Crippen LogP contribution in [0.2, 0.25) is 0 Å². The zero-order valence-electron chi connectivity index (χ0n) is 7.62. The fourth-order valence-electron chi connectivity index (χ4n) is 1.01. The molecule has 0 saturated carbocycles. The maximum Gasteiger partial charge on any atom is 0.221 e. The van der Waals surface area contributed by atoms with E-state index in [1.165, 1.54) is 13.0 Å². The number of halogens is 3. The molecule has 14 heavy (non-hydrogen) atoms. The van der Waals surface area contributed by atoms with E-state index in [1.54, 1.807) is 0 Å². The first-order valence-corrected chi connectivity index (χ1v) is 5.72. The molecule has 0 radical (unpaired) electrons. The van der Waals surface area contributed by atoms with Crippen LogP contribution in [0.3, 0.4) is 0 Å². The summed E-state index contributed by atoms with van der Waals surface area (Å²) in [5.41, 5.74) is 1.33. The van der Waals surface area contributed by atoms with Gasteiger partial charge in [-0.15, -0.1) is 0 Å². The SMILES string of the molecule is CC(=O)Nc1cc(F)c(I)c(Br)c1C. The second-order valence-electron chi connectivity index (χ2n) is 2.84. The van der Waals surface area contributed by atoms with Crippen LogP contribution in [0.4, 0.5) is 10.1 Å². The molecule has 0 heterocycles. The number of anilines is 1. The Morgan fingerprint density at radius 3 is 2.71 bits per heavy atom. The monoisotopic (exact) mass is 371 g/mol. The van der Waals surface area contributed by atoms with Gasteiger partial charge in [-0.05, 0) is 57.1 Å². The topological polar surface area (TPSA) is 29.1 Å². The molecule has 0 atom stereocenters. The van der Waals surface area contributed by atoms with Gasteiger partial charge in [-0.2, -0.15) is 0 Å². The third kappa shape index (κ3) is 2.44. The molecule has 1 N–H and O–H groups in total. The highest BCUT2D eigenvalue weighted by Crippen LogP contribution is 2.31. The zero-order valence-corrected chi connectivity index (χ0v) is 11.4. The van der Waals surface area contributed by atoms with E-state index in [2.05, 4.69) is 21.2 Å². The average Bonchev–Trinajstić information content (AvgIpc) is 2.10. The molecule has 0 bridgehead atoms. The quantitative estimate of drug-likeness (QED) is 0.594. The molecule has 5 heteroatoms. The fraction of sp³-hybridized carbons (Fsp3) is 0.222. The summed E-state index contributed by atoms with van der Waals surface area (Å²) in [6, 6.07) is 1.32. The summed E-state index contributed by atoms with van der Waals surface area (Å²) >= 11 is 5.18. The normalized spacial score (nSPS) is 10.1. The molecule has 0 spiro atoms. The number of hydrogen-bond donors (Lipinski definition) is 1. The van der Waals surface area contributed by atoms with Crippen LogP contribution in [0.1, 0.15) is 12.5 Å². The lowest BCUT2D eigenvalue weighted by molar-refractivity contribution is -0.114.